The van der Waals surface area contributed by atoms with Gasteiger partial charge in [-0.25, -0.2) is 0 Å². The van der Waals surface area contributed by atoms with E-state index in [-0.39, 0.29) is 22.9 Å². The summed E-state index contributed by atoms with van der Waals surface area (Å²) in [6.45, 7) is 0.450. The Bertz CT molecular complexity index is 451. The zero-order chi connectivity index (χ0) is 13.5. The van der Waals surface area contributed by atoms with Crippen molar-refractivity contribution in [1.29, 1.82) is 0 Å². The van der Waals surface area contributed by atoms with Gasteiger partial charge in [0.1, 0.15) is 0 Å². The number of unbranched alkanes of at least 4 members (excludes halogenated alkanes) is 1. The van der Waals surface area contributed by atoms with Gasteiger partial charge in [0.2, 0.25) is 0 Å². The second-order valence-electron chi connectivity index (χ2n) is 3.61. The molecule has 18 heavy (non-hydrogen) atoms. The van der Waals surface area contributed by atoms with Crippen molar-refractivity contribution in [3.05, 3.63) is 38.9 Å². The molecule has 1 aromatic rings. The van der Waals surface area contributed by atoms with Crippen LogP contribution in [0.2, 0.25) is 5.02 Å². The van der Waals surface area contributed by atoms with Crippen LogP contribution in [0.3, 0.4) is 0 Å². The fraction of sp³-hybridized carbons (Fsp3) is 0.364. The molecule has 0 aliphatic rings. The average Bonchev–Trinajstić information content (AvgIpc) is 2.34. The summed E-state index contributed by atoms with van der Waals surface area (Å²) in [5, 5.41) is 21.9. The standard InChI is InChI=1S/C11H13ClN2O4/c12-10-4-3-8(14(17)18)7-9(10)11(16)13-5-1-2-6-15/h3-4,7,15H,1-2,5-6H2,(H,13,16). The Morgan fingerprint density at radius 1 is 1.44 bits per heavy atom. The Hall–Kier alpha value is -1.66. The van der Waals surface area contributed by atoms with E-state index in [1.165, 1.54) is 12.1 Å². The predicted octanol–water partition coefficient (Wildman–Crippen LogP) is 1.75. The van der Waals surface area contributed by atoms with Crippen LogP contribution in [-0.2, 0) is 0 Å². The maximum absolute atomic E-state index is 11.7. The number of halogens is 1. The molecule has 0 atom stereocenters. The fourth-order valence-electron chi connectivity index (χ4n) is 1.33. The highest BCUT2D eigenvalue weighted by atomic mass is 35.5. The Morgan fingerprint density at radius 2 is 2.17 bits per heavy atom. The van der Waals surface area contributed by atoms with Gasteiger partial charge in [-0.05, 0) is 18.9 Å². The highest BCUT2D eigenvalue weighted by Crippen LogP contribution is 2.21. The van der Waals surface area contributed by atoms with Gasteiger partial charge in [0.05, 0.1) is 15.5 Å². The number of aliphatic hydroxyl groups excluding tert-OH is 1. The van der Waals surface area contributed by atoms with E-state index in [4.69, 9.17) is 16.7 Å². The van der Waals surface area contributed by atoms with Crippen molar-refractivity contribution < 1.29 is 14.8 Å². The van der Waals surface area contributed by atoms with Gasteiger partial charge in [0, 0.05) is 25.3 Å². The molecule has 0 radical (unpaired) electrons. The third-order valence-corrected chi connectivity index (χ3v) is 2.61. The Labute approximate surface area is 109 Å². The van der Waals surface area contributed by atoms with Crippen molar-refractivity contribution in [2.45, 2.75) is 12.8 Å². The summed E-state index contributed by atoms with van der Waals surface area (Å²) in [5.74, 6) is -0.457. The third-order valence-electron chi connectivity index (χ3n) is 2.28. The van der Waals surface area contributed by atoms with Crippen LogP contribution >= 0.6 is 11.6 Å². The topological polar surface area (TPSA) is 92.5 Å². The van der Waals surface area contributed by atoms with Crippen molar-refractivity contribution >= 4 is 23.2 Å². The Balaban J connectivity index is 2.72. The third kappa shape index (κ3) is 3.97. The molecule has 6 nitrogen and oxygen atoms in total. The SMILES string of the molecule is O=C(NCCCCO)c1cc([N+](=O)[O-])ccc1Cl. The lowest BCUT2D eigenvalue weighted by Crippen LogP contribution is -2.25. The van der Waals surface area contributed by atoms with Gasteiger partial charge in [-0.3, -0.25) is 14.9 Å². The smallest absolute Gasteiger partial charge is 0.270 e. The second kappa shape index (κ2) is 6.93. The number of carbonyl (C=O) groups excluding carboxylic acids is 1. The van der Waals surface area contributed by atoms with E-state index in [9.17, 15) is 14.9 Å². The van der Waals surface area contributed by atoms with Crippen molar-refractivity contribution in [3.63, 3.8) is 0 Å². The van der Waals surface area contributed by atoms with Gasteiger partial charge in [-0.1, -0.05) is 11.6 Å². The molecule has 0 aromatic heterocycles. The average molecular weight is 273 g/mol. The Morgan fingerprint density at radius 3 is 2.78 bits per heavy atom. The molecule has 0 bridgehead atoms. The second-order valence-corrected chi connectivity index (χ2v) is 4.02. The first kappa shape index (κ1) is 14.4. The molecule has 0 saturated carbocycles. The molecule has 1 amide bonds. The first-order valence-corrected chi connectivity index (χ1v) is 5.77. The van der Waals surface area contributed by atoms with Crippen LogP contribution in [0, 0.1) is 10.1 Å². The first-order chi connectivity index (χ1) is 8.56. The molecule has 1 rings (SSSR count). The lowest BCUT2D eigenvalue weighted by Gasteiger charge is -2.06. The molecule has 0 heterocycles. The minimum Gasteiger partial charge on any atom is -0.396 e. The van der Waals surface area contributed by atoms with Crippen molar-refractivity contribution in [2.75, 3.05) is 13.2 Å². The number of amides is 1. The molecule has 2 N–H and O–H groups in total. The lowest BCUT2D eigenvalue weighted by molar-refractivity contribution is -0.384. The number of hydrogen-bond donors (Lipinski definition) is 2. The molecule has 0 spiro atoms. The van der Waals surface area contributed by atoms with Crippen LogP contribution in [-0.4, -0.2) is 29.1 Å². The van der Waals surface area contributed by atoms with Gasteiger partial charge in [-0.15, -0.1) is 0 Å². The summed E-state index contributed by atoms with van der Waals surface area (Å²) in [6, 6.07) is 3.71. The first-order valence-electron chi connectivity index (χ1n) is 5.39. The molecule has 1 aromatic carbocycles. The maximum atomic E-state index is 11.7. The molecular formula is C11H13ClN2O4. The number of rotatable bonds is 6. The van der Waals surface area contributed by atoms with E-state index in [1.807, 2.05) is 0 Å². The quantitative estimate of drug-likeness (QED) is 0.469. The molecule has 0 unspecified atom stereocenters. The number of hydrogen-bond acceptors (Lipinski definition) is 4. The molecule has 7 heteroatoms. The number of nitrogens with one attached hydrogen (secondary N) is 1. The normalized spacial score (nSPS) is 10.1. The number of carbonyl (C=O) groups is 1. The highest BCUT2D eigenvalue weighted by Gasteiger charge is 2.15. The summed E-state index contributed by atoms with van der Waals surface area (Å²) in [5.41, 5.74) is -0.102. The van der Waals surface area contributed by atoms with E-state index in [1.54, 1.807) is 0 Å². The number of non-ortho nitro benzene ring substituents is 1. The zero-order valence-electron chi connectivity index (χ0n) is 9.56. The van der Waals surface area contributed by atoms with Crippen LogP contribution in [0.15, 0.2) is 18.2 Å². The number of nitrogens with zero attached hydrogens (tertiary/aromatic N) is 1. The minimum absolute atomic E-state index is 0.0629. The number of aliphatic hydroxyl groups is 1. The molecule has 0 aliphatic carbocycles. The zero-order valence-corrected chi connectivity index (χ0v) is 10.3. The minimum atomic E-state index is -0.584. The summed E-state index contributed by atoms with van der Waals surface area (Å²) in [7, 11) is 0. The van der Waals surface area contributed by atoms with E-state index in [0.717, 1.165) is 6.07 Å². The van der Waals surface area contributed by atoms with Gasteiger partial charge >= 0.3 is 0 Å². The molecule has 98 valence electrons. The van der Waals surface area contributed by atoms with Crippen molar-refractivity contribution in [1.82, 2.24) is 5.32 Å². The number of benzene rings is 1. The van der Waals surface area contributed by atoms with E-state index in [0.29, 0.717) is 19.4 Å². The summed E-state index contributed by atoms with van der Waals surface area (Å²) < 4.78 is 0. The number of nitro groups is 1. The van der Waals surface area contributed by atoms with Gasteiger partial charge < -0.3 is 10.4 Å². The van der Waals surface area contributed by atoms with E-state index in [2.05, 4.69) is 5.32 Å². The van der Waals surface area contributed by atoms with Crippen LogP contribution in [0.25, 0.3) is 0 Å². The van der Waals surface area contributed by atoms with Crippen molar-refractivity contribution in [2.24, 2.45) is 0 Å². The van der Waals surface area contributed by atoms with E-state index >= 15 is 0 Å². The van der Waals surface area contributed by atoms with Crippen LogP contribution in [0.5, 0.6) is 0 Å². The van der Waals surface area contributed by atoms with Gasteiger partial charge in [-0.2, -0.15) is 0 Å². The molecular weight excluding hydrogens is 260 g/mol. The Kier molecular flexibility index (Phi) is 5.54. The predicted molar refractivity (Wildman–Crippen MR) is 66.8 cm³/mol. The van der Waals surface area contributed by atoms with Crippen LogP contribution in [0.4, 0.5) is 5.69 Å². The molecule has 0 aliphatic heterocycles. The summed E-state index contributed by atoms with van der Waals surface area (Å²) in [6.07, 6.45) is 1.22. The molecule has 0 saturated heterocycles. The van der Waals surface area contributed by atoms with Gasteiger partial charge in [0.25, 0.3) is 11.6 Å². The van der Waals surface area contributed by atoms with Crippen LogP contribution < -0.4 is 5.32 Å². The monoisotopic (exact) mass is 272 g/mol. The largest absolute Gasteiger partial charge is 0.396 e. The summed E-state index contributed by atoms with van der Waals surface area (Å²) in [4.78, 5) is 21.7. The number of nitro benzene ring substituents is 1. The van der Waals surface area contributed by atoms with Gasteiger partial charge in [0.15, 0.2) is 0 Å². The summed E-state index contributed by atoms with van der Waals surface area (Å²) >= 11 is 5.81. The van der Waals surface area contributed by atoms with E-state index < -0.39 is 10.8 Å². The highest BCUT2D eigenvalue weighted by molar-refractivity contribution is 6.33. The van der Waals surface area contributed by atoms with Crippen molar-refractivity contribution in [3.8, 4) is 0 Å². The fourth-order valence-corrected chi connectivity index (χ4v) is 1.54. The van der Waals surface area contributed by atoms with Crippen LogP contribution in [0.1, 0.15) is 23.2 Å². The lowest BCUT2D eigenvalue weighted by atomic mass is 10.2. The molecule has 0 fully saturated rings. The maximum Gasteiger partial charge on any atom is 0.270 e.